The van der Waals surface area contributed by atoms with Crippen LogP contribution in [0.25, 0.3) is 0 Å². The smallest absolute Gasteiger partial charge is 0.251 e. The number of nitrogens with one attached hydrogen (secondary N) is 2. The second kappa shape index (κ2) is 6.23. The van der Waals surface area contributed by atoms with Gasteiger partial charge in [0, 0.05) is 24.8 Å². The maximum absolute atomic E-state index is 11.9. The molecule has 0 aliphatic carbocycles. The number of anilines is 1. The number of nitrogens with zero attached hydrogens (tertiary/aromatic N) is 1. The maximum atomic E-state index is 11.9. The Balaban J connectivity index is 2.63. The number of hydrogen-bond donors (Lipinski definition) is 2. The molecule has 1 aromatic rings. The van der Waals surface area contributed by atoms with Crippen LogP contribution in [0.3, 0.4) is 0 Å². The van der Waals surface area contributed by atoms with Crippen molar-refractivity contribution < 1.29 is 4.79 Å². The molecule has 4 nitrogen and oxygen atoms in total. The number of aromatic nitrogens is 1. The summed E-state index contributed by atoms with van der Waals surface area (Å²) in [5.74, 6) is 1.24. The number of amides is 1. The lowest BCUT2D eigenvalue weighted by Gasteiger charge is -2.16. The van der Waals surface area contributed by atoms with Gasteiger partial charge >= 0.3 is 0 Å². The quantitative estimate of drug-likeness (QED) is 0.823. The molecule has 94 valence electrons. The lowest BCUT2D eigenvalue weighted by atomic mass is 10.0. The van der Waals surface area contributed by atoms with E-state index in [0.717, 1.165) is 6.42 Å². The van der Waals surface area contributed by atoms with E-state index in [1.165, 1.54) is 0 Å². The predicted molar refractivity (Wildman–Crippen MR) is 70.2 cm³/mol. The fourth-order valence-corrected chi connectivity index (χ4v) is 1.78. The molecule has 4 heteroatoms. The second-order valence-electron chi connectivity index (χ2n) is 4.68. The van der Waals surface area contributed by atoms with Crippen LogP contribution in [0.1, 0.15) is 37.6 Å². The van der Waals surface area contributed by atoms with Crippen molar-refractivity contribution in [2.75, 3.05) is 12.4 Å². The fraction of sp³-hybridized carbons (Fsp3) is 0.538. The van der Waals surface area contributed by atoms with Crippen molar-refractivity contribution in [2.24, 2.45) is 5.92 Å². The van der Waals surface area contributed by atoms with Crippen LogP contribution < -0.4 is 10.6 Å². The van der Waals surface area contributed by atoms with Crippen LogP contribution in [0, 0.1) is 5.92 Å². The summed E-state index contributed by atoms with van der Waals surface area (Å²) in [4.78, 5) is 16.0. The summed E-state index contributed by atoms with van der Waals surface area (Å²) in [7, 11) is 1.78. The molecule has 1 rings (SSSR count). The number of pyridine rings is 1. The molecule has 1 amide bonds. The van der Waals surface area contributed by atoms with Crippen molar-refractivity contribution >= 4 is 11.7 Å². The number of carbonyl (C=O) groups excluding carboxylic acids is 1. The monoisotopic (exact) mass is 235 g/mol. The van der Waals surface area contributed by atoms with E-state index in [1.807, 2.05) is 6.92 Å². The van der Waals surface area contributed by atoms with Crippen LogP contribution in [0.15, 0.2) is 18.3 Å². The van der Waals surface area contributed by atoms with E-state index in [9.17, 15) is 4.79 Å². The summed E-state index contributed by atoms with van der Waals surface area (Å²) in [5, 5.41) is 5.90. The van der Waals surface area contributed by atoms with Gasteiger partial charge in [-0.3, -0.25) is 4.79 Å². The van der Waals surface area contributed by atoms with E-state index >= 15 is 0 Å². The van der Waals surface area contributed by atoms with Crippen LogP contribution in [-0.4, -0.2) is 24.0 Å². The summed E-state index contributed by atoms with van der Waals surface area (Å²) < 4.78 is 0. The first-order chi connectivity index (χ1) is 8.02. The Morgan fingerprint density at radius 3 is 2.71 bits per heavy atom. The lowest BCUT2D eigenvalue weighted by Crippen LogP contribution is -2.33. The lowest BCUT2D eigenvalue weighted by molar-refractivity contribution is 0.0936. The highest BCUT2D eigenvalue weighted by Gasteiger charge is 2.11. The van der Waals surface area contributed by atoms with Crippen molar-refractivity contribution in [3.63, 3.8) is 0 Å². The van der Waals surface area contributed by atoms with Gasteiger partial charge in [0.2, 0.25) is 0 Å². The highest BCUT2D eigenvalue weighted by atomic mass is 16.1. The van der Waals surface area contributed by atoms with E-state index in [-0.39, 0.29) is 11.9 Å². The third-order valence-electron chi connectivity index (χ3n) is 2.48. The molecule has 0 spiro atoms. The standard InChI is InChI=1S/C13H21N3O/c1-9(2)7-10(3)16-13(17)11-5-6-15-12(8-11)14-4/h5-6,8-10H,7H2,1-4H3,(H,14,15)(H,16,17). The van der Waals surface area contributed by atoms with Crippen molar-refractivity contribution in [1.82, 2.24) is 10.3 Å². The fourth-order valence-electron chi connectivity index (χ4n) is 1.78. The molecule has 1 unspecified atom stereocenters. The van der Waals surface area contributed by atoms with Gasteiger partial charge in [-0.2, -0.15) is 0 Å². The first kappa shape index (κ1) is 13.5. The molecular weight excluding hydrogens is 214 g/mol. The average molecular weight is 235 g/mol. The molecule has 0 fully saturated rings. The van der Waals surface area contributed by atoms with Crippen LogP contribution in [-0.2, 0) is 0 Å². The van der Waals surface area contributed by atoms with Gasteiger partial charge in [-0.1, -0.05) is 13.8 Å². The Morgan fingerprint density at radius 1 is 1.41 bits per heavy atom. The van der Waals surface area contributed by atoms with Crippen molar-refractivity contribution in [2.45, 2.75) is 33.2 Å². The Labute approximate surface area is 103 Å². The molecule has 1 heterocycles. The Bertz CT molecular complexity index is 377. The second-order valence-corrected chi connectivity index (χ2v) is 4.68. The molecule has 0 bridgehead atoms. The minimum Gasteiger partial charge on any atom is -0.373 e. The molecule has 2 N–H and O–H groups in total. The van der Waals surface area contributed by atoms with Crippen molar-refractivity contribution in [3.05, 3.63) is 23.9 Å². The van der Waals surface area contributed by atoms with Crippen LogP contribution in [0.5, 0.6) is 0 Å². The minimum atomic E-state index is -0.0444. The zero-order chi connectivity index (χ0) is 12.8. The van der Waals surface area contributed by atoms with Crippen LogP contribution in [0.2, 0.25) is 0 Å². The Hall–Kier alpha value is -1.58. The van der Waals surface area contributed by atoms with Gasteiger partial charge in [0.25, 0.3) is 5.91 Å². The normalized spacial score (nSPS) is 12.3. The molecule has 0 aliphatic heterocycles. The van der Waals surface area contributed by atoms with E-state index in [2.05, 4.69) is 29.5 Å². The highest BCUT2D eigenvalue weighted by molar-refractivity contribution is 5.94. The Morgan fingerprint density at radius 2 is 2.12 bits per heavy atom. The summed E-state index contributed by atoms with van der Waals surface area (Å²) in [6, 6.07) is 3.66. The van der Waals surface area contributed by atoms with E-state index in [1.54, 1.807) is 25.4 Å². The zero-order valence-electron chi connectivity index (χ0n) is 10.9. The SMILES string of the molecule is CNc1cc(C(=O)NC(C)CC(C)C)ccn1. The number of hydrogen-bond acceptors (Lipinski definition) is 3. The predicted octanol–water partition coefficient (Wildman–Crippen LogP) is 2.29. The molecule has 0 radical (unpaired) electrons. The number of carbonyl (C=O) groups is 1. The molecule has 0 saturated heterocycles. The van der Waals surface area contributed by atoms with Gasteiger partial charge in [-0.05, 0) is 31.4 Å². The summed E-state index contributed by atoms with van der Waals surface area (Å²) in [5.41, 5.74) is 0.639. The minimum absolute atomic E-state index is 0.0444. The zero-order valence-corrected chi connectivity index (χ0v) is 10.9. The van der Waals surface area contributed by atoms with Crippen LogP contribution >= 0.6 is 0 Å². The van der Waals surface area contributed by atoms with Gasteiger partial charge in [-0.25, -0.2) is 4.98 Å². The summed E-state index contributed by atoms with van der Waals surface area (Å²) in [6.07, 6.45) is 2.61. The molecule has 1 aromatic heterocycles. The molecule has 1 atom stereocenters. The third-order valence-corrected chi connectivity index (χ3v) is 2.48. The van der Waals surface area contributed by atoms with E-state index in [4.69, 9.17) is 0 Å². The highest BCUT2D eigenvalue weighted by Crippen LogP contribution is 2.08. The first-order valence-electron chi connectivity index (χ1n) is 5.97. The topological polar surface area (TPSA) is 54.0 Å². The van der Waals surface area contributed by atoms with E-state index < -0.39 is 0 Å². The van der Waals surface area contributed by atoms with Gasteiger partial charge in [0.1, 0.15) is 5.82 Å². The maximum Gasteiger partial charge on any atom is 0.251 e. The third kappa shape index (κ3) is 4.43. The van der Waals surface area contributed by atoms with Crippen molar-refractivity contribution in [1.29, 1.82) is 0 Å². The van der Waals surface area contributed by atoms with Gasteiger partial charge in [0.15, 0.2) is 0 Å². The van der Waals surface area contributed by atoms with Gasteiger partial charge in [0.05, 0.1) is 0 Å². The first-order valence-corrected chi connectivity index (χ1v) is 5.97. The molecular formula is C13H21N3O. The van der Waals surface area contributed by atoms with E-state index in [0.29, 0.717) is 17.3 Å². The number of rotatable bonds is 5. The average Bonchev–Trinajstić information content (AvgIpc) is 2.27. The van der Waals surface area contributed by atoms with Gasteiger partial charge < -0.3 is 10.6 Å². The Kier molecular flexibility index (Phi) is 4.94. The van der Waals surface area contributed by atoms with Crippen molar-refractivity contribution in [3.8, 4) is 0 Å². The molecule has 17 heavy (non-hydrogen) atoms. The molecule has 0 aromatic carbocycles. The molecule has 0 aliphatic rings. The van der Waals surface area contributed by atoms with Gasteiger partial charge in [-0.15, -0.1) is 0 Å². The molecule has 0 saturated carbocycles. The van der Waals surface area contributed by atoms with Crippen LogP contribution in [0.4, 0.5) is 5.82 Å². The summed E-state index contributed by atoms with van der Waals surface area (Å²) in [6.45, 7) is 6.32. The summed E-state index contributed by atoms with van der Waals surface area (Å²) >= 11 is 0. The largest absolute Gasteiger partial charge is 0.373 e.